The number of nitrogens with one attached hydrogen (secondary N) is 2. The molecule has 3 rings (SSSR count). The molecule has 0 radical (unpaired) electrons. The summed E-state index contributed by atoms with van der Waals surface area (Å²) in [6.45, 7) is 1.99. The summed E-state index contributed by atoms with van der Waals surface area (Å²) in [7, 11) is 0. The number of carbonyl (C=O) groups is 2. The molecule has 6 nitrogen and oxygen atoms in total. The Morgan fingerprint density at radius 1 is 1.24 bits per heavy atom. The topological polar surface area (TPSA) is 94.9 Å². The van der Waals surface area contributed by atoms with E-state index in [0.29, 0.717) is 18.5 Å². The molecule has 25 heavy (non-hydrogen) atoms. The Bertz CT molecular complexity index is 848. The molecule has 1 fully saturated rings. The van der Waals surface area contributed by atoms with Gasteiger partial charge in [0, 0.05) is 11.9 Å². The Labute approximate surface area is 145 Å². The van der Waals surface area contributed by atoms with E-state index in [2.05, 4.69) is 21.7 Å². The predicted molar refractivity (Wildman–Crippen MR) is 92.8 cm³/mol. The molecule has 0 unspecified atom stereocenters. The van der Waals surface area contributed by atoms with Gasteiger partial charge in [-0.2, -0.15) is 5.26 Å². The second-order valence-electron chi connectivity index (χ2n) is 6.29. The van der Waals surface area contributed by atoms with Crippen LogP contribution in [0.15, 0.2) is 42.6 Å². The average Bonchev–Trinajstić information content (AvgIpc) is 3.37. The van der Waals surface area contributed by atoms with Crippen molar-refractivity contribution in [1.82, 2.24) is 10.3 Å². The first-order valence-electron chi connectivity index (χ1n) is 8.05. The highest BCUT2D eigenvalue weighted by atomic mass is 16.2. The van der Waals surface area contributed by atoms with Crippen molar-refractivity contribution < 1.29 is 9.59 Å². The molecular weight excluding hydrogens is 316 g/mol. The molecule has 6 heteroatoms. The summed E-state index contributed by atoms with van der Waals surface area (Å²) in [5.41, 5.74) is 1.98. The van der Waals surface area contributed by atoms with E-state index in [1.807, 2.05) is 31.2 Å². The molecule has 0 bridgehead atoms. The van der Waals surface area contributed by atoms with Gasteiger partial charge in [-0.05, 0) is 37.5 Å². The number of hydrogen-bond acceptors (Lipinski definition) is 4. The summed E-state index contributed by atoms with van der Waals surface area (Å²) in [6, 6.07) is 13.0. The summed E-state index contributed by atoms with van der Waals surface area (Å²) in [5, 5.41) is 14.5. The van der Waals surface area contributed by atoms with Crippen LogP contribution in [0, 0.1) is 18.3 Å². The van der Waals surface area contributed by atoms with Crippen molar-refractivity contribution in [2.24, 2.45) is 0 Å². The van der Waals surface area contributed by atoms with E-state index in [4.69, 9.17) is 5.26 Å². The molecule has 2 N–H and O–H groups in total. The van der Waals surface area contributed by atoms with Gasteiger partial charge in [-0.3, -0.25) is 14.6 Å². The number of nitrogens with zero attached hydrogens (tertiary/aromatic N) is 2. The minimum atomic E-state index is -0.747. The number of carbonyl (C=O) groups excluding carboxylic acids is 2. The average molecular weight is 334 g/mol. The zero-order valence-corrected chi connectivity index (χ0v) is 13.9. The van der Waals surface area contributed by atoms with E-state index < -0.39 is 11.4 Å². The summed E-state index contributed by atoms with van der Waals surface area (Å²) >= 11 is 0. The SMILES string of the molecule is Cc1ccc(CC(=O)Nc2ccnc(C(=O)NC3(C#N)CC3)c2)cc1. The highest BCUT2D eigenvalue weighted by Gasteiger charge is 2.44. The Hall–Kier alpha value is -3.20. The number of aryl methyl sites for hydroxylation is 1. The molecule has 2 aromatic rings. The number of pyridine rings is 1. The zero-order valence-electron chi connectivity index (χ0n) is 13.9. The molecule has 1 aromatic heterocycles. The molecule has 2 amide bonds. The fourth-order valence-corrected chi connectivity index (χ4v) is 2.40. The predicted octanol–water partition coefficient (Wildman–Crippen LogP) is 2.36. The van der Waals surface area contributed by atoms with Crippen molar-refractivity contribution in [2.75, 3.05) is 5.32 Å². The molecule has 1 aromatic carbocycles. The lowest BCUT2D eigenvalue weighted by molar-refractivity contribution is -0.115. The lowest BCUT2D eigenvalue weighted by Crippen LogP contribution is -2.36. The first-order chi connectivity index (χ1) is 12.0. The van der Waals surface area contributed by atoms with Crippen LogP contribution in [0.25, 0.3) is 0 Å². The van der Waals surface area contributed by atoms with Crippen LogP contribution in [-0.2, 0) is 11.2 Å². The van der Waals surface area contributed by atoms with Crippen LogP contribution >= 0.6 is 0 Å². The Kier molecular flexibility index (Phi) is 4.48. The number of benzene rings is 1. The highest BCUT2D eigenvalue weighted by Crippen LogP contribution is 2.34. The van der Waals surface area contributed by atoms with Crippen molar-refractivity contribution in [1.29, 1.82) is 5.26 Å². The molecule has 1 aliphatic rings. The van der Waals surface area contributed by atoms with E-state index in [-0.39, 0.29) is 18.0 Å². The van der Waals surface area contributed by atoms with Crippen LogP contribution in [-0.4, -0.2) is 22.3 Å². The molecule has 126 valence electrons. The quantitative estimate of drug-likeness (QED) is 0.877. The minimum absolute atomic E-state index is 0.169. The first kappa shape index (κ1) is 16.7. The number of amides is 2. The second-order valence-corrected chi connectivity index (χ2v) is 6.29. The maximum Gasteiger partial charge on any atom is 0.271 e. The molecular formula is C19H18N4O2. The van der Waals surface area contributed by atoms with Gasteiger partial charge >= 0.3 is 0 Å². The van der Waals surface area contributed by atoms with Gasteiger partial charge in [0.15, 0.2) is 0 Å². The number of aromatic nitrogens is 1. The van der Waals surface area contributed by atoms with Crippen molar-refractivity contribution >= 4 is 17.5 Å². The molecule has 0 spiro atoms. The van der Waals surface area contributed by atoms with Crippen LogP contribution in [0.2, 0.25) is 0 Å². The van der Waals surface area contributed by atoms with E-state index in [9.17, 15) is 9.59 Å². The third kappa shape index (κ3) is 4.21. The van der Waals surface area contributed by atoms with Crippen molar-refractivity contribution in [3.63, 3.8) is 0 Å². The molecule has 0 saturated heterocycles. The van der Waals surface area contributed by atoms with Gasteiger partial charge in [0.1, 0.15) is 11.2 Å². The van der Waals surface area contributed by atoms with Gasteiger partial charge in [0.25, 0.3) is 5.91 Å². The maximum absolute atomic E-state index is 12.2. The van der Waals surface area contributed by atoms with Gasteiger partial charge < -0.3 is 10.6 Å². The monoisotopic (exact) mass is 334 g/mol. The van der Waals surface area contributed by atoms with Gasteiger partial charge in [0.05, 0.1) is 12.5 Å². The summed E-state index contributed by atoms with van der Waals surface area (Å²) in [4.78, 5) is 28.4. The fraction of sp³-hybridized carbons (Fsp3) is 0.263. The fourth-order valence-electron chi connectivity index (χ4n) is 2.40. The number of hydrogen-bond donors (Lipinski definition) is 2. The number of rotatable bonds is 5. The lowest BCUT2D eigenvalue weighted by atomic mass is 10.1. The Balaban J connectivity index is 1.63. The van der Waals surface area contributed by atoms with E-state index >= 15 is 0 Å². The van der Waals surface area contributed by atoms with Crippen molar-refractivity contribution in [3.8, 4) is 6.07 Å². The Morgan fingerprint density at radius 3 is 2.60 bits per heavy atom. The molecule has 1 saturated carbocycles. The van der Waals surface area contributed by atoms with Crippen LogP contribution in [0.4, 0.5) is 5.69 Å². The highest BCUT2D eigenvalue weighted by molar-refractivity contribution is 5.96. The summed E-state index contributed by atoms with van der Waals surface area (Å²) in [6.07, 6.45) is 3.02. The van der Waals surface area contributed by atoms with E-state index in [0.717, 1.165) is 11.1 Å². The van der Waals surface area contributed by atoms with Crippen LogP contribution in [0.1, 0.15) is 34.5 Å². The molecule has 0 aliphatic heterocycles. The molecule has 1 heterocycles. The smallest absolute Gasteiger partial charge is 0.271 e. The van der Waals surface area contributed by atoms with Crippen molar-refractivity contribution in [3.05, 3.63) is 59.4 Å². The maximum atomic E-state index is 12.2. The third-order valence-electron chi connectivity index (χ3n) is 4.08. The third-order valence-corrected chi connectivity index (χ3v) is 4.08. The van der Waals surface area contributed by atoms with E-state index in [1.54, 1.807) is 6.07 Å². The van der Waals surface area contributed by atoms with Crippen LogP contribution < -0.4 is 10.6 Å². The molecule has 0 atom stereocenters. The standard InChI is InChI=1S/C19H18N4O2/c1-13-2-4-14(5-3-13)10-17(24)22-15-6-9-21-16(11-15)18(25)23-19(12-20)7-8-19/h2-6,9,11H,7-8,10H2,1H3,(H,23,25)(H,21,22,24). The minimum Gasteiger partial charge on any atom is -0.332 e. The summed E-state index contributed by atoms with van der Waals surface area (Å²) < 4.78 is 0. The lowest BCUT2D eigenvalue weighted by Gasteiger charge is -2.10. The molecule has 1 aliphatic carbocycles. The second kappa shape index (κ2) is 6.73. The van der Waals surface area contributed by atoms with Crippen LogP contribution in [0.5, 0.6) is 0 Å². The summed E-state index contributed by atoms with van der Waals surface area (Å²) in [5.74, 6) is -0.578. The van der Waals surface area contributed by atoms with Crippen molar-refractivity contribution in [2.45, 2.75) is 31.7 Å². The normalized spacial score (nSPS) is 14.2. The van der Waals surface area contributed by atoms with Gasteiger partial charge in [0.2, 0.25) is 5.91 Å². The number of anilines is 1. The number of nitriles is 1. The van der Waals surface area contributed by atoms with E-state index in [1.165, 1.54) is 12.3 Å². The zero-order chi connectivity index (χ0) is 17.9. The van der Waals surface area contributed by atoms with Gasteiger partial charge in [-0.1, -0.05) is 29.8 Å². The first-order valence-corrected chi connectivity index (χ1v) is 8.05. The Morgan fingerprint density at radius 2 is 1.96 bits per heavy atom. The largest absolute Gasteiger partial charge is 0.332 e. The van der Waals surface area contributed by atoms with Gasteiger partial charge in [-0.15, -0.1) is 0 Å². The van der Waals surface area contributed by atoms with Crippen LogP contribution in [0.3, 0.4) is 0 Å². The van der Waals surface area contributed by atoms with Gasteiger partial charge in [-0.25, -0.2) is 0 Å².